The van der Waals surface area contributed by atoms with E-state index in [9.17, 15) is 0 Å². The van der Waals surface area contributed by atoms with Crippen LogP contribution < -0.4 is 30.6 Å². The van der Waals surface area contributed by atoms with Crippen molar-refractivity contribution in [2.45, 2.75) is 13.7 Å². The molecule has 0 aliphatic carbocycles. The van der Waals surface area contributed by atoms with E-state index in [1.807, 2.05) is 90.7 Å². The van der Waals surface area contributed by atoms with Gasteiger partial charge in [0.2, 0.25) is 17.5 Å². The summed E-state index contributed by atoms with van der Waals surface area (Å²) in [5, 5.41) is 0. The molecule has 0 saturated carbocycles. The molecule has 15 rings (SSSR count). The van der Waals surface area contributed by atoms with E-state index in [0.29, 0.717) is 67.8 Å². The SMILES string of the molecule is [2H]C([2H])([2H])c1cccc2c1nc1n(-c3nccc(N4B(c5ccccc5)N(c5ccccc5)B(c5ccccc5)N(c5ccccc5)B4c4ccccc4)n3)c3ccc(-n4c5ncccc5n5c6cccc(C([2H])([2H])[2H])c6nc45)cc3n21. The minimum absolute atomic E-state index is 0.107. The molecule has 1 aliphatic rings. The molecule has 12 nitrogen and oxygen atoms in total. The zero-order valence-electron chi connectivity index (χ0n) is 46.6. The summed E-state index contributed by atoms with van der Waals surface area (Å²) in [7, 11) is 0. The van der Waals surface area contributed by atoms with E-state index in [1.165, 1.54) is 0 Å². The molecule has 15 heteroatoms. The first-order valence-electron chi connectivity index (χ1n) is 28.2. The van der Waals surface area contributed by atoms with Crippen LogP contribution in [0.3, 0.4) is 0 Å². The smallest absolute Gasteiger partial charge is 0.390 e. The molecule has 1 fully saturated rings. The molecule has 0 atom stereocenters. The van der Waals surface area contributed by atoms with Gasteiger partial charge in [0.25, 0.3) is 0 Å². The first-order valence-corrected chi connectivity index (χ1v) is 25.2. The Morgan fingerprint density at radius 1 is 0.368 bits per heavy atom. The molecule has 0 bridgehead atoms. The second-order valence-corrected chi connectivity index (χ2v) is 19.0. The Hall–Kier alpha value is -9.88. The van der Waals surface area contributed by atoms with Crippen LogP contribution in [-0.2, 0) is 0 Å². The molecular weight excluding hydrogens is 933 g/mol. The molecule has 0 unspecified atom stereocenters. The van der Waals surface area contributed by atoms with E-state index < -0.39 is 27.7 Å². The number of imidazole rings is 4. The van der Waals surface area contributed by atoms with Crippen molar-refractivity contribution in [2.75, 3.05) is 14.2 Å². The van der Waals surface area contributed by atoms with Gasteiger partial charge in [-0.05, 0) is 114 Å². The lowest BCUT2D eigenvalue weighted by Crippen LogP contribution is -2.86. The highest BCUT2D eigenvalue weighted by Crippen LogP contribution is 2.37. The minimum atomic E-state index is -2.49. The molecule has 76 heavy (non-hydrogen) atoms. The van der Waals surface area contributed by atoms with E-state index >= 15 is 0 Å². The summed E-state index contributed by atoms with van der Waals surface area (Å²) in [5.74, 6) is 1.76. The third kappa shape index (κ3) is 6.64. The number of benzene rings is 8. The normalized spacial score (nSPS) is 14.7. The number of pyridine rings is 1. The number of para-hydroxylation sites is 4. The topological polar surface area (TPSA) is 92.9 Å². The van der Waals surface area contributed by atoms with Crippen LogP contribution in [0.1, 0.15) is 19.4 Å². The summed E-state index contributed by atoms with van der Waals surface area (Å²) in [6.07, 6.45) is 3.50. The summed E-state index contributed by atoms with van der Waals surface area (Å²) in [6, 6.07) is 74.9. The van der Waals surface area contributed by atoms with Crippen LogP contribution >= 0.6 is 0 Å². The molecule has 1 aliphatic heterocycles. The maximum absolute atomic E-state index is 8.68. The van der Waals surface area contributed by atoms with Crippen molar-refractivity contribution in [1.82, 2.24) is 42.9 Å². The van der Waals surface area contributed by atoms with Crippen molar-refractivity contribution in [2.24, 2.45) is 0 Å². The Bertz CT molecular complexity index is 4640. The van der Waals surface area contributed by atoms with E-state index in [1.54, 1.807) is 36.7 Å². The number of rotatable bonds is 8. The molecular formula is C61H45B3N12. The highest BCUT2D eigenvalue weighted by molar-refractivity contribution is 7.14. The van der Waals surface area contributed by atoms with Crippen LogP contribution in [0.25, 0.3) is 67.5 Å². The van der Waals surface area contributed by atoms with Gasteiger partial charge >= 0.3 is 20.9 Å². The maximum atomic E-state index is 8.68. The Kier molecular flexibility index (Phi) is 8.65. The molecule has 6 aromatic heterocycles. The number of hydrogen-bond acceptors (Lipinski definition) is 8. The molecule has 358 valence electrons. The molecule has 0 amide bonds. The van der Waals surface area contributed by atoms with E-state index in [2.05, 4.69) is 142 Å². The number of anilines is 3. The van der Waals surface area contributed by atoms with Gasteiger partial charge in [-0.2, -0.15) is 4.98 Å². The number of hydrogen-bond donors (Lipinski definition) is 0. The molecule has 0 spiro atoms. The molecule has 0 N–H and O–H groups in total. The predicted molar refractivity (Wildman–Crippen MR) is 311 cm³/mol. The Labute approximate surface area is 447 Å². The van der Waals surface area contributed by atoms with Gasteiger partial charge in [0.05, 0.1) is 44.3 Å². The van der Waals surface area contributed by atoms with Gasteiger partial charge in [0, 0.05) is 32.0 Å². The minimum Gasteiger partial charge on any atom is -0.416 e. The third-order valence-electron chi connectivity index (χ3n) is 14.7. The summed E-state index contributed by atoms with van der Waals surface area (Å²) >= 11 is 0. The molecule has 14 aromatic rings. The Morgan fingerprint density at radius 2 is 0.868 bits per heavy atom. The number of aryl methyl sites for hydroxylation is 2. The van der Waals surface area contributed by atoms with Crippen molar-refractivity contribution in [3.63, 3.8) is 0 Å². The van der Waals surface area contributed by atoms with Gasteiger partial charge in [-0.15, -0.1) is 0 Å². The van der Waals surface area contributed by atoms with Gasteiger partial charge in [-0.25, -0.2) is 24.5 Å². The molecule has 1 saturated heterocycles. The molecule has 7 heterocycles. The molecule has 8 aromatic carbocycles. The lowest BCUT2D eigenvalue weighted by molar-refractivity contribution is 0.963. The molecule has 0 radical (unpaired) electrons. The van der Waals surface area contributed by atoms with Crippen LogP contribution in [-0.4, -0.2) is 63.8 Å². The van der Waals surface area contributed by atoms with Crippen molar-refractivity contribution in [3.05, 3.63) is 248 Å². The van der Waals surface area contributed by atoms with Crippen molar-refractivity contribution >= 4 is 110 Å². The van der Waals surface area contributed by atoms with E-state index in [4.69, 9.17) is 33.1 Å². The van der Waals surface area contributed by atoms with Gasteiger partial charge < -0.3 is 14.2 Å². The first kappa shape index (κ1) is 37.8. The van der Waals surface area contributed by atoms with Gasteiger partial charge in [0.15, 0.2) is 5.65 Å². The zero-order valence-corrected chi connectivity index (χ0v) is 40.6. The van der Waals surface area contributed by atoms with E-state index in [-0.39, 0.29) is 18.1 Å². The van der Waals surface area contributed by atoms with E-state index in [0.717, 1.165) is 33.3 Å². The predicted octanol–water partition coefficient (Wildman–Crippen LogP) is 10.00. The van der Waals surface area contributed by atoms with Crippen molar-refractivity contribution in [1.29, 1.82) is 0 Å². The van der Waals surface area contributed by atoms with Gasteiger partial charge in [-0.3, -0.25) is 13.4 Å². The number of aromatic nitrogens is 9. The Morgan fingerprint density at radius 3 is 1.42 bits per heavy atom. The maximum Gasteiger partial charge on any atom is 0.390 e. The summed E-state index contributed by atoms with van der Waals surface area (Å²) < 4.78 is 66.3. The number of nitrogens with zero attached hydrogens (tertiary/aromatic N) is 12. The fourth-order valence-electron chi connectivity index (χ4n) is 11.6. The highest BCUT2D eigenvalue weighted by Gasteiger charge is 2.56. The summed E-state index contributed by atoms with van der Waals surface area (Å²) in [5.41, 5.74) is 10.6. The number of fused-ring (bicyclic) bond motifs is 10. The monoisotopic (exact) mass is 984 g/mol. The van der Waals surface area contributed by atoms with Crippen LogP contribution in [0.5, 0.6) is 0 Å². The second-order valence-electron chi connectivity index (χ2n) is 19.0. The summed E-state index contributed by atoms with van der Waals surface area (Å²) in [4.78, 5) is 25.9. The van der Waals surface area contributed by atoms with Crippen molar-refractivity contribution in [3.8, 4) is 11.6 Å². The zero-order chi connectivity index (χ0) is 55.4. The van der Waals surface area contributed by atoms with Crippen LogP contribution in [0.2, 0.25) is 0 Å². The fourth-order valence-corrected chi connectivity index (χ4v) is 11.6. The highest BCUT2D eigenvalue weighted by atomic mass is 15.4. The summed E-state index contributed by atoms with van der Waals surface area (Å²) in [6.45, 7) is -6.23. The van der Waals surface area contributed by atoms with Crippen LogP contribution in [0, 0.1) is 13.7 Å². The lowest BCUT2D eigenvalue weighted by atomic mass is 9.37. The lowest BCUT2D eigenvalue weighted by Gasteiger charge is -2.56. The second kappa shape index (κ2) is 17.4. The van der Waals surface area contributed by atoms with Crippen molar-refractivity contribution < 1.29 is 8.22 Å². The van der Waals surface area contributed by atoms with Gasteiger partial charge in [0.1, 0.15) is 5.82 Å². The Balaban J connectivity index is 1.01. The van der Waals surface area contributed by atoms with Gasteiger partial charge in [-0.1, -0.05) is 152 Å². The van der Waals surface area contributed by atoms with Crippen LogP contribution in [0.15, 0.2) is 237 Å². The fraction of sp³-hybridized carbons (Fsp3) is 0.0328. The largest absolute Gasteiger partial charge is 0.416 e. The third-order valence-corrected chi connectivity index (χ3v) is 14.7. The standard InChI is InChI=1S/C61H45B3N12/c1-42-21-18-33-51-56(42)68-60-70(58-53(71(51)60)35-20-39-65-58)49-36-37-50-54(41-49)72-52-34-19-22-43(2)57(52)69-61(72)73(50)59-66-40-38-55(67-59)76-63(45-25-10-4-11-26-45)74(47-29-14-6-15-30-47)62(44-23-8-3-9-24-44)75(48-31-16-7-17-32-48)64(76)46-27-12-5-13-28-46/h3-41H,1-2H3/i1D3,2D3. The average Bonchev–Trinajstić information content (AvgIpc) is 4.18. The van der Waals surface area contributed by atoms with Crippen LogP contribution in [0.4, 0.5) is 17.2 Å². The first-order chi connectivity index (χ1) is 40.0. The average molecular weight is 985 g/mol. The quantitative estimate of drug-likeness (QED) is 0.139.